The topological polar surface area (TPSA) is 70.9 Å². The van der Waals surface area contributed by atoms with Gasteiger partial charge in [-0.05, 0) is 23.8 Å². The van der Waals surface area contributed by atoms with Gasteiger partial charge in [-0.1, -0.05) is 30.0 Å². The van der Waals surface area contributed by atoms with Gasteiger partial charge in [-0.15, -0.1) is 0 Å². The SMILES string of the molecule is NCC#Cc1ccccc1CNC(=O)c1ccc[nH]1. The summed E-state index contributed by atoms with van der Waals surface area (Å²) in [7, 11) is 0. The molecule has 96 valence electrons. The number of aromatic amines is 1. The first-order valence-corrected chi connectivity index (χ1v) is 5.99. The minimum atomic E-state index is -0.133. The monoisotopic (exact) mass is 253 g/mol. The Bertz CT molecular complexity index is 606. The van der Waals surface area contributed by atoms with Crippen molar-refractivity contribution in [3.63, 3.8) is 0 Å². The zero-order valence-corrected chi connectivity index (χ0v) is 10.4. The maximum absolute atomic E-state index is 11.8. The summed E-state index contributed by atoms with van der Waals surface area (Å²) in [6, 6.07) is 11.2. The van der Waals surface area contributed by atoms with Gasteiger partial charge in [0, 0.05) is 18.3 Å². The molecule has 19 heavy (non-hydrogen) atoms. The average Bonchev–Trinajstić information content (AvgIpc) is 2.97. The number of H-pyrrole nitrogens is 1. The highest BCUT2D eigenvalue weighted by molar-refractivity contribution is 5.92. The van der Waals surface area contributed by atoms with Crippen LogP contribution in [0.4, 0.5) is 0 Å². The number of carbonyl (C=O) groups is 1. The van der Waals surface area contributed by atoms with Crippen molar-refractivity contribution in [3.05, 3.63) is 59.4 Å². The third-order valence-corrected chi connectivity index (χ3v) is 2.62. The quantitative estimate of drug-likeness (QED) is 0.721. The number of hydrogen-bond acceptors (Lipinski definition) is 2. The molecule has 0 aliphatic rings. The maximum Gasteiger partial charge on any atom is 0.267 e. The van der Waals surface area contributed by atoms with Crippen molar-refractivity contribution in [1.29, 1.82) is 0 Å². The predicted octanol–water partition coefficient (Wildman–Crippen LogP) is 1.25. The molecule has 4 nitrogen and oxygen atoms in total. The molecule has 4 heteroatoms. The normalized spacial score (nSPS) is 9.53. The summed E-state index contributed by atoms with van der Waals surface area (Å²) in [5, 5.41) is 2.85. The highest BCUT2D eigenvalue weighted by atomic mass is 16.1. The van der Waals surface area contributed by atoms with E-state index in [4.69, 9.17) is 5.73 Å². The Morgan fingerprint density at radius 2 is 2.11 bits per heavy atom. The molecule has 1 aromatic heterocycles. The molecular formula is C15H15N3O. The van der Waals surface area contributed by atoms with Crippen LogP contribution >= 0.6 is 0 Å². The van der Waals surface area contributed by atoms with Crippen molar-refractivity contribution < 1.29 is 4.79 Å². The van der Waals surface area contributed by atoms with Crippen molar-refractivity contribution in [2.45, 2.75) is 6.54 Å². The third kappa shape index (κ3) is 3.47. The summed E-state index contributed by atoms with van der Waals surface area (Å²) in [5.41, 5.74) is 7.78. The number of hydrogen-bond donors (Lipinski definition) is 3. The number of aromatic nitrogens is 1. The van der Waals surface area contributed by atoms with Crippen molar-refractivity contribution >= 4 is 5.91 Å². The summed E-state index contributed by atoms with van der Waals surface area (Å²) in [6.07, 6.45) is 1.72. The van der Waals surface area contributed by atoms with Crippen LogP contribution in [0, 0.1) is 11.8 Å². The number of carbonyl (C=O) groups excluding carboxylic acids is 1. The Labute approximate surface area is 112 Å². The second kappa shape index (κ2) is 6.43. The van der Waals surface area contributed by atoms with Crippen LogP contribution in [0.25, 0.3) is 0 Å². The first-order chi connectivity index (χ1) is 9.31. The lowest BCUT2D eigenvalue weighted by molar-refractivity contribution is 0.0946. The van der Waals surface area contributed by atoms with Crippen LogP contribution in [0.2, 0.25) is 0 Å². The standard InChI is InChI=1S/C15H15N3O/c16-9-3-7-12-5-1-2-6-13(12)11-18-15(19)14-8-4-10-17-14/h1-2,4-6,8,10,17H,9,11,16H2,(H,18,19). The second-order valence-corrected chi connectivity index (χ2v) is 3.93. The summed E-state index contributed by atoms with van der Waals surface area (Å²) < 4.78 is 0. The maximum atomic E-state index is 11.8. The van der Waals surface area contributed by atoms with Gasteiger partial charge in [-0.3, -0.25) is 4.79 Å². The molecule has 0 atom stereocenters. The molecule has 1 aromatic carbocycles. The molecule has 1 heterocycles. The fourth-order valence-corrected chi connectivity index (χ4v) is 1.68. The van der Waals surface area contributed by atoms with Crippen LogP contribution in [0.3, 0.4) is 0 Å². The second-order valence-electron chi connectivity index (χ2n) is 3.93. The predicted molar refractivity (Wildman–Crippen MR) is 74.3 cm³/mol. The number of nitrogens with two attached hydrogens (primary N) is 1. The van der Waals surface area contributed by atoms with E-state index < -0.39 is 0 Å². The van der Waals surface area contributed by atoms with Gasteiger partial charge in [-0.25, -0.2) is 0 Å². The Balaban J connectivity index is 2.05. The van der Waals surface area contributed by atoms with E-state index in [1.165, 1.54) is 0 Å². The molecule has 0 radical (unpaired) electrons. The summed E-state index contributed by atoms with van der Waals surface area (Å²) in [4.78, 5) is 14.7. The lowest BCUT2D eigenvalue weighted by atomic mass is 10.1. The average molecular weight is 253 g/mol. The minimum Gasteiger partial charge on any atom is -0.357 e. The van der Waals surface area contributed by atoms with E-state index in [-0.39, 0.29) is 5.91 Å². The van der Waals surface area contributed by atoms with Crippen LogP contribution in [-0.4, -0.2) is 17.4 Å². The molecule has 4 N–H and O–H groups in total. The largest absolute Gasteiger partial charge is 0.357 e. The van der Waals surface area contributed by atoms with Crippen LogP contribution in [-0.2, 0) is 6.54 Å². The molecule has 0 saturated carbocycles. The Morgan fingerprint density at radius 3 is 2.84 bits per heavy atom. The van der Waals surface area contributed by atoms with Crippen LogP contribution in [0.5, 0.6) is 0 Å². The molecule has 1 amide bonds. The van der Waals surface area contributed by atoms with Gasteiger partial charge in [0.1, 0.15) is 5.69 Å². The zero-order valence-electron chi connectivity index (χ0n) is 10.4. The van der Waals surface area contributed by atoms with Crippen molar-refractivity contribution in [2.75, 3.05) is 6.54 Å². The van der Waals surface area contributed by atoms with Gasteiger partial charge in [0.15, 0.2) is 0 Å². The van der Waals surface area contributed by atoms with E-state index in [9.17, 15) is 4.79 Å². The summed E-state index contributed by atoms with van der Waals surface area (Å²) in [6.45, 7) is 0.760. The van der Waals surface area contributed by atoms with E-state index in [0.29, 0.717) is 18.8 Å². The molecule has 0 aliphatic heterocycles. The van der Waals surface area contributed by atoms with Gasteiger partial charge in [0.2, 0.25) is 0 Å². The van der Waals surface area contributed by atoms with E-state index in [1.807, 2.05) is 24.3 Å². The number of amides is 1. The van der Waals surface area contributed by atoms with Gasteiger partial charge >= 0.3 is 0 Å². The molecule has 0 aliphatic carbocycles. The molecule has 0 saturated heterocycles. The number of rotatable bonds is 3. The zero-order chi connectivity index (χ0) is 13.5. The van der Waals surface area contributed by atoms with Gasteiger partial charge in [-0.2, -0.15) is 0 Å². The first kappa shape index (κ1) is 12.9. The van der Waals surface area contributed by atoms with Crippen molar-refractivity contribution in [2.24, 2.45) is 5.73 Å². The highest BCUT2D eigenvalue weighted by Gasteiger charge is 2.06. The van der Waals surface area contributed by atoms with Crippen LogP contribution < -0.4 is 11.1 Å². The van der Waals surface area contributed by atoms with Gasteiger partial charge in [0.25, 0.3) is 5.91 Å². The highest BCUT2D eigenvalue weighted by Crippen LogP contribution is 2.07. The summed E-state index contributed by atoms with van der Waals surface area (Å²) >= 11 is 0. The van der Waals surface area contributed by atoms with Gasteiger partial charge < -0.3 is 16.0 Å². The lowest BCUT2D eigenvalue weighted by Crippen LogP contribution is -2.23. The third-order valence-electron chi connectivity index (χ3n) is 2.62. The molecule has 0 fully saturated rings. The fraction of sp³-hybridized carbons (Fsp3) is 0.133. The van der Waals surface area contributed by atoms with E-state index in [2.05, 4.69) is 22.1 Å². The van der Waals surface area contributed by atoms with Crippen LogP contribution in [0.15, 0.2) is 42.6 Å². The van der Waals surface area contributed by atoms with Gasteiger partial charge in [0.05, 0.1) is 6.54 Å². The fourth-order valence-electron chi connectivity index (χ4n) is 1.68. The molecule has 0 spiro atoms. The number of nitrogens with one attached hydrogen (secondary N) is 2. The Morgan fingerprint density at radius 1 is 1.26 bits per heavy atom. The van der Waals surface area contributed by atoms with Crippen LogP contribution in [0.1, 0.15) is 21.6 Å². The van der Waals surface area contributed by atoms with E-state index in [1.54, 1.807) is 18.3 Å². The molecule has 2 rings (SSSR count). The molecule has 0 unspecified atom stereocenters. The number of benzene rings is 1. The van der Waals surface area contributed by atoms with Crippen molar-refractivity contribution in [3.8, 4) is 11.8 Å². The van der Waals surface area contributed by atoms with E-state index >= 15 is 0 Å². The Hall–Kier alpha value is -2.51. The Kier molecular flexibility index (Phi) is 4.38. The molecule has 0 bridgehead atoms. The van der Waals surface area contributed by atoms with Crippen molar-refractivity contribution in [1.82, 2.24) is 10.3 Å². The molecular weight excluding hydrogens is 238 g/mol. The lowest BCUT2D eigenvalue weighted by Gasteiger charge is -2.06. The minimum absolute atomic E-state index is 0.133. The smallest absolute Gasteiger partial charge is 0.267 e. The molecule has 2 aromatic rings. The summed E-state index contributed by atoms with van der Waals surface area (Å²) in [5.74, 6) is 5.68. The first-order valence-electron chi connectivity index (χ1n) is 5.99. The van der Waals surface area contributed by atoms with E-state index in [0.717, 1.165) is 11.1 Å².